The minimum Gasteiger partial charge on any atom is -0.507 e. The van der Waals surface area contributed by atoms with Crippen molar-refractivity contribution in [3.63, 3.8) is 0 Å². The Morgan fingerprint density at radius 1 is 0.794 bits per heavy atom. The predicted molar refractivity (Wildman–Crippen MR) is 126 cm³/mol. The summed E-state index contributed by atoms with van der Waals surface area (Å²) in [6, 6.07) is 5.10. The van der Waals surface area contributed by atoms with E-state index in [9.17, 15) is 35.4 Å². The van der Waals surface area contributed by atoms with Gasteiger partial charge in [0, 0.05) is 0 Å². The molecule has 2 rings (SSSR count). The molecule has 0 saturated carbocycles. The van der Waals surface area contributed by atoms with Crippen LogP contribution in [0.5, 0.6) is 11.5 Å². The van der Waals surface area contributed by atoms with Gasteiger partial charge < -0.3 is 9.84 Å². The first-order chi connectivity index (χ1) is 15.5. The fraction of sp³-hybridized carbons (Fsp3) is 0.478. The lowest BCUT2D eigenvalue weighted by atomic mass is 9.78. The number of nitro benzene ring substituents is 3. The van der Waals surface area contributed by atoms with Crippen molar-refractivity contribution >= 4 is 17.1 Å². The molecule has 0 fully saturated rings. The Hall–Kier alpha value is -3.76. The van der Waals surface area contributed by atoms with Crippen LogP contribution in [-0.2, 0) is 17.3 Å². The number of phenolic OH excluding ortho intramolecular Hbond substituents is 1. The summed E-state index contributed by atoms with van der Waals surface area (Å²) in [7, 11) is 0. The molecule has 0 spiro atoms. The van der Waals surface area contributed by atoms with Gasteiger partial charge in [0.05, 0.1) is 33.5 Å². The van der Waals surface area contributed by atoms with Crippen molar-refractivity contribution in [3.8, 4) is 11.5 Å². The number of nitrogens with zero attached hydrogens (tertiary/aromatic N) is 3. The van der Waals surface area contributed by atoms with Gasteiger partial charge in [0.25, 0.3) is 11.4 Å². The van der Waals surface area contributed by atoms with Gasteiger partial charge in [0.2, 0.25) is 0 Å². The molecule has 0 unspecified atom stereocenters. The van der Waals surface area contributed by atoms with Gasteiger partial charge in [0.15, 0.2) is 0 Å². The van der Waals surface area contributed by atoms with Gasteiger partial charge in [-0.2, -0.15) is 0 Å². The van der Waals surface area contributed by atoms with Crippen molar-refractivity contribution in [1.82, 2.24) is 0 Å². The van der Waals surface area contributed by atoms with Crippen LogP contribution in [0.2, 0.25) is 0 Å². The van der Waals surface area contributed by atoms with Crippen LogP contribution in [0, 0.1) is 30.3 Å². The van der Waals surface area contributed by atoms with Crippen molar-refractivity contribution in [2.24, 2.45) is 0 Å². The molecule has 2 aromatic rings. The zero-order valence-corrected chi connectivity index (χ0v) is 20.1. The lowest BCUT2D eigenvalue weighted by Crippen LogP contribution is -2.18. The van der Waals surface area contributed by atoms with Gasteiger partial charge >= 0.3 is 11.4 Å². The molecular formula is C23H29N3O8. The topological polar surface area (TPSA) is 159 Å². The van der Waals surface area contributed by atoms with E-state index >= 15 is 0 Å². The number of phenols is 1. The van der Waals surface area contributed by atoms with Gasteiger partial charge in [-0.15, -0.1) is 0 Å². The van der Waals surface area contributed by atoms with E-state index in [1.165, 1.54) is 0 Å². The van der Waals surface area contributed by atoms with Gasteiger partial charge in [-0.05, 0) is 40.4 Å². The molecule has 0 atom stereocenters. The van der Waals surface area contributed by atoms with Gasteiger partial charge in [-0.1, -0.05) is 53.7 Å². The third-order valence-electron chi connectivity index (χ3n) is 5.28. The number of rotatable bonds is 8. The number of hydrogen-bond donors (Lipinski definition) is 1. The standard InChI is InChI=1S/C23H29N3O8/c1-22(2,3)16-10-14(11-17(20(16)27)23(4,5)6)8-7-9-34-21-18(25(30)31)12-15(24(28)29)13-19(21)26(32)33/h10-13,27H,7-9H2,1-6H3. The van der Waals surface area contributed by atoms with E-state index < -0.39 is 37.6 Å². The van der Waals surface area contributed by atoms with Gasteiger partial charge in [-0.25, -0.2) is 0 Å². The van der Waals surface area contributed by atoms with Crippen LogP contribution in [0.25, 0.3) is 0 Å². The number of aryl methyl sites for hydroxylation is 1. The monoisotopic (exact) mass is 475 g/mol. The fourth-order valence-corrected chi connectivity index (χ4v) is 3.54. The van der Waals surface area contributed by atoms with E-state index in [2.05, 4.69) is 0 Å². The Labute approximate surface area is 196 Å². The smallest absolute Gasteiger partial charge is 0.325 e. The molecule has 0 heterocycles. The number of hydrogen-bond acceptors (Lipinski definition) is 8. The second-order valence-electron chi connectivity index (χ2n) is 10.1. The Morgan fingerprint density at radius 3 is 1.59 bits per heavy atom. The fourth-order valence-electron chi connectivity index (χ4n) is 3.54. The van der Waals surface area contributed by atoms with Crippen molar-refractivity contribution in [2.45, 2.75) is 65.2 Å². The summed E-state index contributed by atoms with van der Waals surface area (Å²) in [5.74, 6) is -0.366. The van der Waals surface area contributed by atoms with Crippen LogP contribution < -0.4 is 4.74 Å². The molecule has 11 nitrogen and oxygen atoms in total. The first kappa shape index (κ1) is 26.5. The van der Waals surface area contributed by atoms with Crippen molar-refractivity contribution in [1.29, 1.82) is 0 Å². The van der Waals surface area contributed by atoms with Gasteiger partial charge in [0.1, 0.15) is 5.75 Å². The summed E-state index contributed by atoms with van der Waals surface area (Å²) in [5.41, 5.74) is -0.558. The molecule has 34 heavy (non-hydrogen) atoms. The molecule has 11 heteroatoms. The Bertz CT molecular complexity index is 1060. The second-order valence-corrected chi connectivity index (χ2v) is 10.1. The Morgan fingerprint density at radius 2 is 1.24 bits per heavy atom. The number of benzene rings is 2. The maximum absolute atomic E-state index is 11.4. The lowest BCUT2D eigenvalue weighted by Gasteiger charge is -2.28. The molecule has 0 bridgehead atoms. The van der Waals surface area contributed by atoms with Crippen LogP contribution in [0.1, 0.15) is 64.7 Å². The average Bonchev–Trinajstić information content (AvgIpc) is 2.69. The maximum Gasteiger partial charge on any atom is 0.325 e. The number of aromatic hydroxyl groups is 1. The Balaban J connectivity index is 2.32. The largest absolute Gasteiger partial charge is 0.507 e. The normalized spacial score (nSPS) is 11.8. The summed E-state index contributed by atoms with van der Waals surface area (Å²) >= 11 is 0. The van der Waals surface area contributed by atoms with Crippen molar-refractivity contribution < 1.29 is 24.6 Å². The highest BCUT2D eigenvalue weighted by molar-refractivity contribution is 5.65. The van der Waals surface area contributed by atoms with Crippen molar-refractivity contribution in [2.75, 3.05) is 6.61 Å². The molecule has 2 aromatic carbocycles. The molecule has 0 saturated heterocycles. The highest BCUT2D eigenvalue weighted by Gasteiger charge is 2.32. The molecule has 0 amide bonds. The molecule has 1 N–H and O–H groups in total. The molecule has 0 aliphatic heterocycles. The molecule has 0 aromatic heterocycles. The van der Waals surface area contributed by atoms with Gasteiger partial charge in [-0.3, -0.25) is 30.3 Å². The highest BCUT2D eigenvalue weighted by Crippen LogP contribution is 2.41. The van der Waals surface area contributed by atoms with E-state index in [0.29, 0.717) is 25.0 Å². The molecule has 0 radical (unpaired) electrons. The zero-order valence-electron chi connectivity index (χ0n) is 20.1. The second kappa shape index (κ2) is 9.62. The molecule has 0 aliphatic carbocycles. The highest BCUT2D eigenvalue weighted by atomic mass is 16.6. The first-order valence-corrected chi connectivity index (χ1v) is 10.6. The third-order valence-corrected chi connectivity index (χ3v) is 5.28. The molecule has 184 valence electrons. The summed E-state index contributed by atoms with van der Waals surface area (Å²) in [6.07, 6.45) is 0.851. The lowest BCUT2D eigenvalue weighted by molar-refractivity contribution is -0.404. The summed E-state index contributed by atoms with van der Waals surface area (Å²) < 4.78 is 5.41. The van der Waals surface area contributed by atoms with E-state index in [1.54, 1.807) is 0 Å². The van der Waals surface area contributed by atoms with E-state index in [0.717, 1.165) is 16.7 Å². The van der Waals surface area contributed by atoms with Crippen LogP contribution in [0.3, 0.4) is 0 Å². The molecule has 0 aliphatic rings. The SMILES string of the molecule is CC(C)(C)c1cc(CCCOc2c([N+](=O)[O-])cc([N+](=O)[O-])cc2[N+](=O)[O-])cc(C(C)(C)C)c1O. The average molecular weight is 475 g/mol. The Kier molecular flexibility index (Phi) is 7.49. The van der Waals surface area contributed by atoms with E-state index in [-0.39, 0.29) is 23.2 Å². The van der Waals surface area contributed by atoms with Crippen molar-refractivity contribution in [3.05, 3.63) is 71.3 Å². The van der Waals surface area contributed by atoms with E-state index in [4.69, 9.17) is 4.74 Å². The minimum atomic E-state index is -0.944. The third kappa shape index (κ3) is 5.97. The maximum atomic E-state index is 11.4. The zero-order chi connectivity index (χ0) is 26.0. The van der Waals surface area contributed by atoms with Crippen LogP contribution >= 0.6 is 0 Å². The quantitative estimate of drug-likeness (QED) is 0.288. The van der Waals surface area contributed by atoms with Crippen LogP contribution in [0.4, 0.5) is 17.1 Å². The first-order valence-electron chi connectivity index (χ1n) is 10.6. The number of ether oxygens (including phenoxy) is 1. The van der Waals surface area contributed by atoms with E-state index in [1.807, 2.05) is 53.7 Å². The number of non-ortho nitro benzene ring substituents is 1. The molecular weight excluding hydrogens is 446 g/mol. The summed E-state index contributed by atoms with van der Waals surface area (Å²) in [6.45, 7) is 11.9. The van der Waals surface area contributed by atoms with Crippen LogP contribution in [0.15, 0.2) is 24.3 Å². The minimum absolute atomic E-state index is 0.0872. The summed E-state index contributed by atoms with van der Waals surface area (Å²) in [5, 5.41) is 44.6. The van der Waals surface area contributed by atoms with Crippen LogP contribution in [-0.4, -0.2) is 26.5 Å². The predicted octanol–water partition coefficient (Wildman–Crippen LogP) is 5.72. The summed E-state index contributed by atoms with van der Waals surface area (Å²) in [4.78, 5) is 30.9. The number of nitro groups is 3.